The number of anilines is 1. The number of carbonyl (C=O) groups is 2. The second-order valence-corrected chi connectivity index (χ2v) is 6.75. The molecule has 2 aromatic rings. The van der Waals surface area contributed by atoms with Crippen LogP contribution in [-0.2, 0) is 16.2 Å². The maximum absolute atomic E-state index is 14.1. The van der Waals surface area contributed by atoms with Gasteiger partial charge in [0.2, 0.25) is 6.10 Å². The molecule has 2 heterocycles. The van der Waals surface area contributed by atoms with E-state index in [1.54, 1.807) is 14.1 Å². The number of oxime groups is 1. The molecule has 3 rings (SSSR count). The summed E-state index contributed by atoms with van der Waals surface area (Å²) in [5, 5.41) is 10.8. The predicted octanol–water partition coefficient (Wildman–Crippen LogP) is 2.53. The molecule has 0 saturated carbocycles. The Morgan fingerprint density at radius 2 is 2.18 bits per heavy atom. The molecule has 0 radical (unpaired) electrons. The Kier molecular flexibility index (Phi) is 5.64. The fourth-order valence-corrected chi connectivity index (χ4v) is 3.08. The number of nitrogens with one attached hydrogen (secondary N) is 1. The second-order valence-electron chi connectivity index (χ2n) is 6.34. The Labute approximate surface area is 165 Å². The number of halogens is 2. The van der Waals surface area contributed by atoms with E-state index in [0.29, 0.717) is 6.54 Å². The van der Waals surface area contributed by atoms with Gasteiger partial charge in [-0.2, -0.15) is 5.10 Å². The Hall–Kier alpha value is -2.94. The SMILES string of the molecule is CCn1ncc(NC(=O)[C@H]2CC(c3c(F)cccc3Cl)=NO2)c1C(=O)N(C)C. The summed E-state index contributed by atoms with van der Waals surface area (Å²) in [6, 6.07) is 4.28. The third kappa shape index (κ3) is 3.70. The Morgan fingerprint density at radius 1 is 1.43 bits per heavy atom. The fourth-order valence-electron chi connectivity index (χ4n) is 2.81. The second kappa shape index (κ2) is 7.97. The normalized spacial score (nSPS) is 15.8. The number of nitrogens with zero attached hydrogens (tertiary/aromatic N) is 4. The molecule has 1 atom stereocenters. The number of hydrogen-bond acceptors (Lipinski definition) is 5. The zero-order chi connectivity index (χ0) is 20.4. The van der Waals surface area contributed by atoms with Gasteiger partial charge in [-0.3, -0.25) is 14.3 Å². The molecule has 1 aromatic heterocycles. The molecule has 0 aliphatic carbocycles. The number of hydrogen-bond donors (Lipinski definition) is 1. The first-order valence-electron chi connectivity index (χ1n) is 8.58. The average molecular weight is 408 g/mol. The molecule has 8 nitrogen and oxygen atoms in total. The highest BCUT2D eigenvalue weighted by molar-refractivity contribution is 6.34. The first-order valence-corrected chi connectivity index (χ1v) is 8.96. The van der Waals surface area contributed by atoms with Gasteiger partial charge in [0.25, 0.3) is 11.8 Å². The van der Waals surface area contributed by atoms with E-state index in [2.05, 4.69) is 15.6 Å². The highest BCUT2D eigenvalue weighted by Gasteiger charge is 2.32. The maximum atomic E-state index is 14.1. The standard InChI is InChI=1S/C18H19ClFN5O3/c1-4-25-16(18(27)24(2)3)13(9-21-25)22-17(26)14-8-12(23-28-14)15-10(19)6-5-7-11(15)20/h5-7,9,14H,4,8H2,1-3H3,(H,22,26)/t14-/m1/s1. The molecule has 0 unspecified atom stereocenters. The fraction of sp³-hybridized carbons (Fsp3) is 0.333. The smallest absolute Gasteiger partial charge is 0.273 e. The highest BCUT2D eigenvalue weighted by atomic mass is 35.5. The van der Waals surface area contributed by atoms with Crippen LogP contribution < -0.4 is 5.32 Å². The highest BCUT2D eigenvalue weighted by Crippen LogP contribution is 2.26. The van der Waals surface area contributed by atoms with Crippen LogP contribution in [0.4, 0.5) is 10.1 Å². The van der Waals surface area contributed by atoms with Crippen molar-refractivity contribution in [3.05, 3.63) is 46.5 Å². The summed E-state index contributed by atoms with van der Waals surface area (Å²) in [5.74, 6) is -1.36. The van der Waals surface area contributed by atoms with Crippen molar-refractivity contribution < 1.29 is 18.8 Å². The molecule has 1 aliphatic rings. The topological polar surface area (TPSA) is 88.8 Å². The maximum Gasteiger partial charge on any atom is 0.273 e. The van der Waals surface area contributed by atoms with E-state index < -0.39 is 17.8 Å². The van der Waals surface area contributed by atoms with Crippen molar-refractivity contribution in [2.75, 3.05) is 19.4 Å². The summed E-state index contributed by atoms with van der Waals surface area (Å²) in [4.78, 5) is 31.6. The van der Waals surface area contributed by atoms with Crippen molar-refractivity contribution >= 4 is 34.8 Å². The van der Waals surface area contributed by atoms with Gasteiger partial charge in [-0.1, -0.05) is 22.8 Å². The van der Waals surface area contributed by atoms with Crippen molar-refractivity contribution in [3.8, 4) is 0 Å². The van der Waals surface area contributed by atoms with Crippen LogP contribution in [0.5, 0.6) is 0 Å². The van der Waals surface area contributed by atoms with Crippen LogP contribution in [0.1, 0.15) is 29.4 Å². The first-order chi connectivity index (χ1) is 13.3. The molecule has 1 aromatic carbocycles. The summed E-state index contributed by atoms with van der Waals surface area (Å²) in [5.41, 5.74) is 0.891. The number of aryl methyl sites for hydroxylation is 1. The van der Waals surface area contributed by atoms with Gasteiger partial charge in [-0.05, 0) is 19.1 Å². The van der Waals surface area contributed by atoms with E-state index in [-0.39, 0.29) is 40.0 Å². The van der Waals surface area contributed by atoms with Crippen LogP contribution in [0, 0.1) is 5.82 Å². The molecule has 0 saturated heterocycles. The minimum absolute atomic E-state index is 0.0470. The van der Waals surface area contributed by atoms with Crippen molar-refractivity contribution in [2.45, 2.75) is 26.0 Å². The minimum Gasteiger partial charge on any atom is -0.382 e. The van der Waals surface area contributed by atoms with Crippen LogP contribution in [0.3, 0.4) is 0 Å². The first kappa shape index (κ1) is 19.8. The Balaban J connectivity index is 1.76. The van der Waals surface area contributed by atoms with Gasteiger partial charge in [0, 0.05) is 27.1 Å². The van der Waals surface area contributed by atoms with E-state index in [0.717, 1.165) is 0 Å². The van der Waals surface area contributed by atoms with E-state index in [1.807, 2.05) is 6.92 Å². The van der Waals surface area contributed by atoms with Crippen molar-refractivity contribution in [3.63, 3.8) is 0 Å². The Morgan fingerprint density at radius 3 is 2.82 bits per heavy atom. The molecule has 0 fully saturated rings. The van der Waals surface area contributed by atoms with Gasteiger partial charge < -0.3 is 15.1 Å². The van der Waals surface area contributed by atoms with Gasteiger partial charge in [0.15, 0.2) is 0 Å². The molecule has 1 N–H and O–H groups in total. The summed E-state index contributed by atoms with van der Waals surface area (Å²) < 4.78 is 15.6. The minimum atomic E-state index is -0.974. The summed E-state index contributed by atoms with van der Waals surface area (Å²) in [7, 11) is 3.22. The van der Waals surface area contributed by atoms with Gasteiger partial charge in [0.1, 0.15) is 11.5 Å². The van der Waals surface area contributed by atoms with E-state index in [1.165, 1.54) is 34.0 Å². The number of aromatic nitrogens is 2. The van der Waals surface area contributed by atoms with Gasteiger partial charge in [0.05, 0.1) is 28.2 Å². The van der Waals surface area contributed by atoms with Crippen LogP contribution in [-0.4, -0.2) is 52.4 Å². The van der Waals surface area contributed by atoms with Crippen LogP contribution >= 0.6 is 11.6 Å². The molecule has 0 bridgehead atoms. The van der Waals surface area contributed by atoms with Gasteiger partial charge >= 0.3 is 0 Å². The quantitative estimate of drug-likeness (QED) is 0.824. The zero-order valence-electron chi connectivity index (χ0n) is 15.6. The summed E-state index contributed by atoms with van der Waals surface area (Å²) >= 11 is 6.04. The average Bonchev–Trinajstić information content (AvgIpc) is 3.28. The summed E-state index contributed by atoms with van der Waals surface area (Å²) in [6.45, 7) is 2.30. The third-order valence-corrected chi connectivity index (χ3v) is 4.53. The largest absolute Gasteiger partial charge is 0.382 e. The molecular formula is C18H19ClFN5O3. The number of benzene rings is 1. The van der Waals surface area contributed by atoms with Crippen LogP contribution in [0.15, 0.2) is 29.6 Å². The van der Waals surface area contributed by atoms with Crippen molar-refractivity contribution in [2.24, 2.45) is 5.16 Å². The van der Waals surface area contributed by atoms with E-state index >= 15 is 0 Å². The van der Waals surface area contributed by atoms with E-state index in [4.69, 9.17) is 16.4 Å². The lowest BCUT2D eigenvalue weighted by Gasteiger charge is -2.14. The number of rotatable bonds is 5. The molecule has 1 aliphatic heterocycles. The Bertz CT molecular complexity index is 936. The molecule has 28 heavy (non-hydrogen) atoms. The van der Waals surface area contributed by atoms with Crippen molar-refractivity contribution in [1.29, 1.82) is 0 Å². The lowest BCUT2D eigenvalue weighted by molar-refractivity contribution is -0.125. The van der Waals surface area contributed by atoms with Gasteiger partial charge in [-0.15, -0.1) is 0 Å². The summed E-state index contributed by atoms with van der Waals surface area (Å²) in [6.07, 6.45) is 0.478. The van der Waals surface area contributed by atoms with Crippen molar-refractivity contribution in [1.82, 2.24) is 14.7 Å². The molecule has 2 amide bonds. The van der Waals surface area contributed by atoms with Crippen LogP contribution in [0.2, 0.25) is 5.02 Å². The lowest BCUT2D eigenvalue weighted by Crippen LogP contribution is -2.30. The lowest BCUT2D eigenvalue weighted by atomic mass is 10.0. The molecule has 0 spiro atoms. The molecule has 148 valence electrons. The van der Waals surface area contributed by atoms with Gasteiger partial charge in [-0.25, -0.2) is 4.39 Å². The molecule has 10 heteroatoms. The predicted molar refractivity (Wildman–Crippen MR) is 102 cm³/mol. The van der Waals surface area contributed by atoms with E-state index in [9.17, 15) is 14.0 Å². The monoisotopic (exact) mass is 407 g/mol. The third-order valence-electron chi connectivity index (χ3n) is 4.22. The zero-order valence-corrected chi connectivity index (χ0v) is 16.3. The molecular weight excluding hydrogens is 389 g/mol. The number of carbonyl (C=O) groups excluding carboxylic acids is 2. The van der Waals surface area contributed by atoms with Crippen LogP contribution in [0.25, 0.3) is 0 Å². The number of amides is 2.